The normalized spacial score (nSPS) is 20.4. The molecule has 2 aromatic rings. The average Bonchev–Trinajstić information content (AvgIpc) is 2.70. The van der Waals surface area contributed by atoms with Crippen LogP contribution < -0.4 is 23.8 Å². The standard InChI is InChI=1S/C20H22N2O6S/c1-13-7-8-15-18(9-13)28-19(11-22(15)29(2,24)25)20(23)21-10-14-12-26-16-5-3-4-6-17(16)27-14/h3-9,14,19H,10-12H2,1-2H3,(H,21,23)/t14-,19-/m0/s1. The van der Waals surface area contributed by atoms with Crippen LogP contribution in [-0.2, 0) is 14.8 Å². The number of aryl methyl sites for hydroxylation is 1. The van der Waals surface area contributed by atoms with Gasteiger partial charge in [0.15, 0.2) is 17.6 Å². The van der Waals surface area contributed by atoms with Crippen LogP contribution in [0.3, 0.4) is 0 Å². The van der Waals surface area contributed by atoms with Gasteiger partial charge in [0.25, 0.3) is 5.91 Å². The minimum Gasteiger partial charge on any atom is -0.486 e. The summed E-state index contributed by atoms with van der Waals surface area (Å²) >= 11 is 0. The predicted molar refractivity (Wildman–Crippen MR) is 107 cm³/mol. The van der Waals surface area contributed by atoms with Crippen molar-refractivity contribution in [3.8, 4) is 17.2 Å². The first-order valence-corrected chi connectivity index (χ1v) is 11.1. The van der Waals surface area contributed by atoms with E-state index in [9.17, 15) is 13.2 Å². The molecule has 1 N–H and O–H groups in total. The number of para-hydroxylation sites is 2. The molecule has 2 aliphatic heterocycles. The molecule has 0 aliphatic carbocycles. The molecule has 9 heteroatoms. The van der Waals surface area contributed by atoms with Gasteiger partial charge in [-0.15, -0.1) is 0 Å². The van der Waals surface area contributed by atoms with Crippen LogP contribution in [0, 0.1) is 6.92 Å². The quantitative estimate of drug-likeness (QED) is 0.808. The molecule has 29 heavy (non-hydrogen) atoms. The maximum atomic E-state index is 12.7. The van der Waals surface area contributed by atoms with Gasteiger partial charge in [0, 0.05) is 0 Å². The topological polar surface area (TPSA) is 94.2 Å². The number of hydrogen-bond donors (Lipinski definition) is 1. The Bertz CT molecular complexity index is 1040. The molecule has 8 nitrogen and oxygen atoms in total. The van der Waals surface area contributed by atoms with Crippen molar-refractivity contribution < 1.29 is 27.4 Å². The summed E-state index contributed by atoms with van der Waals surface area (Å²) in [6.07, 6.45) is -0.199. The van der Waals surface area contributed by atoms with Gasteiger partial charge in [-0.1, -0.05) is 18.2 Å². The molecular formula is C20H22N2O6S. The summed E-state index contributed by atoms with van der Waals surface area (Å²) in [4.78, 5) is 12.7. The summed E-state index contributed by atoms with van der Waals surface area (Å²) in [7, 11) is -3.56. The van der Waals surface area contributed by atoms with Gasteiger partial charge in [0.05, 0.1) is 25.0 Å². The molecule has 0 saturated heterocycles. The third-order valence-electron chi connectivity index (χ3n) is 4.75. The van der Waals surface area contributed by atoms with Crippen LogP contribution in [0.5, 0.6) is 17.2 Å². The average molecular weight is 418 g/mol. The SMILES string of the molecule is Cc1ccc2c(c1)O[C@H](C(=O)NC[C@H]1COc3ccccc3O1)CN2S(C)(=O)=O. The minimum atomic E-state index is -3.56. The fourth-order valence-corrected chi connectivity index (χ4v) is 4.22. The predicted octanol–water partition coefficient (Wildman–Crippen LogP) is 1.48. The van der Waals surface area contributed by atoms with E-state index in [1.165, 1.54) is 4.31 Å². The van der Waals surface area contributed by atoms with E-state index in [-0.39, 0.29) is 19.2 Å². The molecule has 1 amide bonds. The first kappa shape index (κ1) is 19.4. The van der Waals surface area contributed by atoms with Gasteiger partial charge < -0.3 is 19.5 Å². The number of rotatable bonds is 4. The molecule has 0 bridgehead atoms. The van der Waals surface area contributed by atoms with Gasteiger partial charge in [-0.05, 0) is 36.8 Å². The Labute approximate surface area is 169 Å². The maximum absolute atomic E-state index is 12.7. The van der Waals surface area contributed by atoms with Gasteiger partial charge in [0.2, 0.25) is 10.0 Å². The van der Waals surface area contributed by atoms with Crippen LogP contribution >= 0.6 is 0 Å². The number of ether oxygens (including phenoxy) is 3. The third-order valence-corrected chi connectivity index (χ3v) is 5.90. The zero-order valence-corrected chi connectivity index (χ0v) is 16.9. The van der Waals surface area contributed by atoms with E-state index in [1.807, 2.05) is 25.1 Å². The zero-order valence-electron chi connectivity index (χ0n) is 16.1. The Hall–Kier alpha value is -2.94. The fourth-order valence-electron chi connectivity index (χ4n) is 3.30. The smallest absolute Gasteiger partial charge is 0.263 e. The molecule has 0 radical (unpaired) electrons. The Balaban J connectivity index is 1.44. The van der Waals surface area contributed by atoms with E-state index in [1.54, 1.807) is 24.3 Å². The van der Waals surface area contributed by atoms with Crippen LogP contribution in [0.25, 0.3) is 0 Å². The molecule has 0 spiro atoms. The second kappa shape index (κ2) is 7.47. The van der Waals surface area contributed by atoms with Gasteiger partial charge >= 0.3 is 0 Å². The number of anilines is 1. The van der Waals surface area contributed by atoms with E-state index in [4.69, 9.17) is 14.2 Å². The number of hydrogen-bond acceptors (Lipinski definition) is 6. The summed E-state index contributed by atoms with van der Waals surface area (Å²) in [6, 6.07) is 12.5. The van der Waals surface area contributed by atoms with Crippen molar-refractivity contribution in [1.29, 1.82) is 0 Å². The molecule has 154 valence electrons. The monoisotopic (exact) mass is 418 g/mol. The Kier molecular flexibility index (Phi) is 4.99. The van der Waals surface area contributed by atoms with Crippen LogP contribution in [0.4, 0.5) is 5.69 Å². The maximum Gasteiger partial charge on any atom is 0.263 e. The van der Waals surface area contributed by atoms with Crippen molar-refractivity contribution in [3.05, 3.63) is 48.0 Å². The van der Waals surface area contributed by atoms with Crippen molar-refractivity contribution >= 4 is 21.6 Å². The van der Waals surface area contributed by atoms with Crippen LogP contribution in [0.15, 0.2) is 42.5 Å². The number of fused-ring (bicyclic) bond motifs is 2. The number of carbonyl (C=O) groups is 1. The van der Waals surface area contributed by atoms with E-state index in [0.29, 0.717) is 29.5 Å². The summed E-state index contributed by atoms with van der Waals surface area (Å²) in [5.41, 5.74) is 1.34. The van der Waals surface area contributed by atoms with E-state index < -0.39 is 22.0 Å². The molecule has 2 aliphatic rings. The lowest BCUT2D eigenvalue weighted by Crippen LogP contribution is -2.52. The molecule has 2 heterocycles. The molecule has 4 rings (SSSR count). The van der Waals surface area contributed by atoms with Gasteiger partial charge in [-0.25, -0.2) is 8.42 Å². The van der Waals surface area contributed by atoms with E-state index >= 15 is 0 Å². The minimum absolute atomic E-state index is 0.0917. The molecule has 0 fully saturated rings. The first-order valence-electron chi connectivity index (χ1n) is 9.22. The Morgan fingerprint density at radius 3 is 2.66 bits per heavy atom. The van der Waals surface area contributed by atoms with Gasteiger partial charge in [-0.2, -0.15) is 0 Å². The largest absolute Gasteiger partial charge is 0.486 e. The molecule has 2 atom stereocenters. The van der Waals surface area contributed by atoms with Crippen molar-refractivity contribution in [2.45, 2.75) is 19.1 Å². The van der Waals surface area contributed by atoms with E-state index in [0.717, 1.165) is 11.8 Å². The summed E-state index contributed by atoms with van der Waals surface area (Å²) in [6.45, 7) is 2.30. The van der Waals surface area contributed by atoms with Crippen molar-refractivity contribution in [2.24, 2.45) is 0 Å². The number of nitrogens with zero attached hydrogens (tertiary/aromatic N) is 1. The first-order chi connectivity index (χ1) is 13.8. The second-order valence-electron chi connectivity index (χ2n) is 7.11. The molecular weight excluding hydrogens is 396 g/mol. The molecule has 0 saturated carbocycles. The molecule has 0 unspecified atom stereocenters. The van der Waals surface area contributed by atoms with Crippen molar-refractivity contribution in [1.82, 2.24) is 5.32 Å². The lowest BCUT2D eigenvalue weighted by Gasteiger charge is -2.34. The summed E-state index contributed by atoms with van der Waals surface area (Å²) in [5.74, 6) is 1.25. The highest BCUT2D eigenvalue weighted by Gasteiger charge is 2.35. The lowest BCUT2D eigenvalue weighted by atomic mass is 10.1. The highest BCUT2D eigenvalue weighted by molar-refractivity contribution is 7.92. The van der Waals surface area contributed by atoms with Crippen LogP contribution in [0.2, 0.25) is 0 Å². The number of amides is 1. The Morgan fingerprint density at radius 1 is 1.14 bits per heavy atom. The second-order valence-corrected chi connectivity index (χ2v) is 9.02. The van der Waals surface area contributed by atoms with Crippen LogP contribution in [-0.4, -0.2) is 52.5 Å². The summed E-state index contributed by atoms with van der Waals surface area (Å²) < 4.78 is 42.9. The highest BCUT2D eigenvalue weighted by Crippen LogP contribution is 2.36. The van der Waals surface area contributed by atoms with Gasteiger partial charge in [0.1, 0.15) is 18.5 Å². The lowest BCUT2D eigenvalue weighted by molar-refractivity contribution is -0.128. The Morgan fingerprint density at radius 2 is 1.90 bits per heavy atom. The molecule has 2 aromatic carbocycles. The highest BCUT2D eigenvalue weighted by atomic mass is 32.2. The molecule has 0 aromatic heterocycles. The van der Waals surface area contributed by atoms with E-state index in [2.05, 4.69) is 5.32 Å². The number of carbonyl (C=O) groups excluding carboxylic acids is 1. The van der Waals surface area contributed by atoms with Crippen LogP contribution in [0.1, 0.15) is 5.56 Å². The summed E-state index contributed by atoms with van der Waals surface area (Å²) in [5, 5.41) is 2.78. The van der Waals surface area contributed by atoms with Crippen molar-refractivity contribution in [3.63, 3.8) is 0 Å². The van der Waals surface area contributed by atoms with Gasteiger partial charge in [-0.3, -0.25) is 9.10 Å². The number of nitrogens with one attached hydrogen (secondary N) is 1. The number of sulfonamides is 1. The third kappa shape index (κ3) is 4.09. The van der Waals surface area contributed by atoms with Crippen molar-refractivity contribution in [2.75, 3.05) is 30.3 Å². The zero-order chi connectivity index (χ0) is 20.6. The fraction of sp³-hybridized carbons (Fsp3) is 0.350. The number of benzene rings is 2.